The van der Waals surface area contributed by atoms with Crippen molar-refractivity contribution in [2.45, 2.75) is 33.4 Å². The molecule has 0 fully saturated rings. The van der Waals surface area contributed by atoms with Crippen molar-refractivity contribution < 1.29 is 14.6 Å². The van der Waals surface area contributed by atoms with Gasteiger partial charge in [0.05, 0.1) is 0 Å². The molecule has 20 heavy (non-hydrogen) atoms. The first kappa shape index (κ1) is 16.5. The summed E-state index contributed by atoms with van der Waals surface area (Å²) >= 11 is 0. The standard InChI is InChI=1S/C15H24N2O3/c1-5-16-15(4,19)10-20-13-8-6-7-12(9-13)17-14(18)11(2)3/h6-9,11,16,19H,5,10H2,1-4H3,(H,17,18). The molecule has 0 radical (unpaired) electrons. The predicted molar refractivity (Wildman–Crippen MR) is 79.7 cm³/mol. The number of hydrogen-bond acceptors (Lipinski definition) is 4. The van der Waals surface area contributed by atoms with Crippen LogP contribution >= 0.6 is 0 Å². The summed E-state index contributed by atoms with van der Waals surface area (Å²) in [6.07, 6.45) is 0. The van der Waals surface area contributed by atoms with Crippen LogP contribution in [0.25, 0.3) is 0 Å². The molecule has 0 aliphatic carbocycles. The first-order valence-corrected chi connectivity index (χ1v) is 6.85. The smallest absolute Gasteiger partial charge is 0.226 e. The van der Waals surface area contributed by atoms with E-state index in [-0.39, 0.29) is 18.4 Å². The number of nitrogens with one attached hydrogen (secondary N) is 2. The molecule has 5 nitrogen and oxygen atoms in total. The highest BCUT2D eigenvalue weighted by molar-refractivity contribution is 5.92. The van der Waals surface area contributed by atoms with Crippen molar-refractivity contribution in [1.82, 2.24) is 5.32 Å². The second kappa shape index (κ2) is 7.26. The Hall–Kier alpha value is -1.59. The van der Waals surface area contributed by atoms with E-state index in [2.05, 4.69) is 10.6 Å². The van der Waals surface area contributed by atoms with Crippen molar-refractivity contribution in [2.75, 3.05) is 18.5 Å². The number of anilines is 1. The van der Waals surface area contributed by atoms with Gasteiger partial charge >= 0.3 is 0 Å². The summed E-state index contributed by atoms with van der Waals surface area (Å²) in [6, 6.07) is 7.12. The van der Waals surface area contributed by atoms with Crippen LogP contribution in [0.2, 0.25) is 0 Å². The number of benzene rings is 1. The number of rotatable bonds is 7. The van der Waals surface area contributed by atoms with E-state index < -0.39 is 5.72 Å². The Bertz CT molecular complexity index is 444. The van der Waals surface area contributed by atoms with Crippen LogP contribution < -0.4 is 15.4 Å². The first-order chi connectivity index (χ1) is 9.34. The van der Waals surface area contributed by atoms with Gasteiger partial charge in [0.25, 0.3) is 0 Å². The number of likely N-dealkylation sites (N-methyl/N-ethyl adjacent to an activating group) is 1. The largest absolute Gasteiger partial charge is 0.489 e. The third kappa shape index (κ3) is 5.59. The normalized spacial score (nSPS) is 13.9. The Morgan fingerprint density at radius 2 is 2.15 bits per heavy atom. The van der Waals surface area contributed by atoms with Crippen molar-refractivity contribution >= 4 is 11.6 Å². The number of carbonyl (C=O) groups is 1. The molecule has 1 aromatic carbocycles. The van der Waals surface area contributed by atoms with Crippen LogP contribution in [0.15, 0.2) is 24.3 Å². The Morgan fingerprint density at radius 3 is 2.75 bits per heavy atom. The van der Waals surface area contributed by atoms with Gasteiger partial charge in [-0.3, -0.25) is 10.1 Å². The minimum Gasteiger partial charge on any atom is -0.489 e. The highest BCUT2D eigenvalue weighted by atomic mass is 16.5. The van der Waals surface area contributed by atoms with Gasteiger partial charge in [-0.25, -0.2) is 0 Å². The van der Waals surface area contributed by atoms with Gasteiger partial charge in [-0.15, -0.1) is 0 Å². The maximum atomic E-state index is 11.6. The van der Waals surface area contributed by atoms with Gasteiger partial charge in [-0.2, -0.15) is 0 Å². The fraction of sp³-hybridized carbons (Fsp3) is 0.533. The molecule has 0 spiro atoms. The molecule has 1 atom stereocenters. The SMILES string of the molecule is CCNC(C)(O)COc1cccc(NC(=O)C(C)C)c1. The van der Waals surface area contributed by atoms with Gasteiger partial charge in [0.15, 0.2) is 0 Å². The van der Waals surface area contributed by atoms with Gasteiger partial charge in [0, 0.05) is 17.7 Å². The topological polar surface area (TPSA) is 70.6 Å². The van der Waals surface area contributed by atoms with Crippen molar-refractivity contribution in [3.63, 3.8) is 0 Å². The molecule has 1 amide bonds. The summed E-state index contributed by atoms with van der Waals surface area (Å²) in [7, 11) is 0. The lowest BCUT2D eigenvalue weighted by molar-refractivity contribution is -0.118. The molecule has 0 heterocycles. The van der Waals surface area contributed by atoms with Gasteiger partial charge in [-0.1, -0.05) is 26.8 Å². The van der Waals surface area contributed by atoms with E-state index in [1.54, 1.807) is 31.2 Å². The summed E-state index contributed by atoms with van der Waals surface area (Å²) in [6.45, 7) is 8.02. The second-order valence-electron chi connectivity index (χ2n) is 5.26. The predicted octanol–water partition coefficient (Wildman–Crippen LogP) is 1.98. The van der Waals surface area contributed by atoms with Crippen LogP contribution in [-0.4, -0.2) is 29.9 Å². The third-order valence-electron chi connectivity index (χ3n) is 2.70. The number of amides is 1. The highest BCUT2D eigenvalue weighted by Crippen LogP contribution is 2.19. The van der Waals surface area contributed by atoms with Crippen LogP contribution in [-0.2, 0) is 4.79 Å². The highest BCUT2D eigenvalue weighted by Gasteiger charge is 2.19. The molecular formula is C15H24N2O3. The molecule has 1 rings (SSSR count). The average Bonchev–Trinajstić information content (AvgIpc) is 2.37. The van der Waals surface area contributed by atoms with E-state index in [1.165, 1.54) is 0 Å². The van der Waals surface area contributed by atoms with Crippen molar-refractivity contribution in [1.29, 1.82) is 0 Å². The molecule has 112 valence electrons. The number of carbonyl (C=O) groups excluding carboxylic acids is 1. The van der Waals surface area contributed by atoms with Crippen molar-refractivity contribution in [3.05, 3.63) is 24.3 Å². The summed E-state index contributed by atoms with van der Waals surface area (Å²) in [5.74, 6) is 0.487. The van der Waals surface area contributed by atoms with E-state index in [9.17, 15) is 9.90 Å². The fourth-order valence-electron chi connectivity index (χ4n) is 1.61. The lowest BCUT2D eigenvalue weighted by Gasteiger charge is -2.24. The Labute approximate surface area is 120 Å². The van der Waals surface area contributed by atoms with Gasteiger partial charge in [-0.05, 0) is 25.6 Å². The second-order valence-corrected chi connectivity index (χ2v) is 5.26. The van der Waals surface area contributed by atoms with Crippen LogP contribution in [0.1, 0.15) is 27.7 Å². The molecule has 5 heteroatoms. The molecule has 1 aromatic rings. The number of aliphatic hydroxyl groups is 1. The molecule has 1 unspecified atom stereocenters. The number of ether oxygens (including phenoxy) is 1. The molecule has 0 bridgehead atoms. The molecule has 0 aliphatic rings. The Kier molecular flexibility index (Phi) is 5.98. The van der Waals surface area contributed by atoms with Crippen molar-refractivity contribution in [2.24, 2.45) is 5.92 Å². The van der Waals surface area contributed by atoms with E-state index in [1.807, 2.05) is 20.8 Å². The lowest BCUT2D eigenvalue weighted by atomic mass is 10.2. The molecule has 0 aromatic heterocycles. The first-order valence-electron chi connectivity index (χ1n) is 6.85. The minimum absolute atomic E-state index is 0.0400. The molecule has 0 saturated carbocycles. The molecular weight excluding hydrogens is 256 g/mol. The lowest BCUT2D eigenvalue weighted by Crippen LogP contribution is -2.47. The zero-order chi connectivity index (χ0) is 15.2. The molecule has 3 N–H and O–H groups in total. The molecule has 0 aliphatic heterocycles. The van der Waals surface area contributed by atoms with Crippen LogP contribution in [0, 0.1) is 5.92 Å². The minimum atomic E-state index is -1.08. The summed E-state index contributed by atoms with van der Waals surface area (Å²) in [4.78, 5) is 11.6. The Morgan fingerprint density at radius 1 is 1.45 bits per heavy atom. The van der Waals surface area contributed by atoms with Crippen LogP contribution in [0.4, 0.5) is 5.69 Å². The van der Waals surface area contributed by atoms with Gasteiger partial charge in [0.1, 0.15) is 18.1 Å². The number of hydrogen-bond donors (Lipinski definition) is 3. The zero-order valence-corrected chi connectivity index (χ0v) is 12.6. The third-order valence-corrected chi connectivity index (χ3v) is 2.70. The summed E-state index contributed by atoms with van der Waals surface area (Å²) in [5, 5.41) is 15.7. The maximum Gasteiger partial charge on any atom is 0.226 e. The van der Waals surface area contributed by atoms with E-state index >= 15 is 0 Å². The van der Waals surface area contributed by atoms with Crippen molar-refractivity contribution in [3.8, 4) is 5.75 Å². The van der Waals surface area contributed by atoms with Crippen LogP contribution in [0.3, 0.4) is 0 Å². The monoisotopic (exact) mass is 280 g/mol. The van der Waals surface area contributed by atoms with Crippen LogP contribution in [0.5, 0.6) is 5.75 Å². The summed E-state index contributed by atoms with van der Waals surface area (Å²) < 4.78 is 5.54. The van der Waals surface area contributed by atoms with Gasteiger partial charge < -0.3 is 15.2 Å². The Balaban J connectivity index is 2.62. The average molecular weight is 280 g/mol. The molecule has 0 saturated heterocycles. The fourth-order valence-corrected chi connectivity index (χ4v) is 1.61. The maximum absolute atomic E-state index is 11.6. The van der Waals surface area contributed by atoms with Gasteiger partial charge in [0.2, 0.25) is 5.91 Å². The zero-order valence-electron chi connectivity index (χ0n) is 12.6. The summed E-state index contributed by atoms with van der Waals surface area (Å²) in [5.41, 5.74) is -0.393. The van der Waals surface area contributed by atoms with E-state index in [4.69, 9.17) is 4.74 Å². The van der Waals surface area contributed by atoms with E-state index in [0.717, 1.165) is 0 Å². The quantitative estimate of drug-likeness (QED) is 0.668. The van der Waals surface area contributed by atoms with E-state index in [0.29, 0.717) is 18.0 Å².